The van der Waals surface area contributed by atoms with Crippen LogP contribution in [0, 0.1) is 17.9 Å². The minimum absolute atomic E-state index is 1.01. The van der Waals surface area contributed by atoms with Crippen molar-refractivity contribution in [3.63, 3.8) is 0 Å². The Morgan fingerprint density at radius 2 is 1.90 bits per heavy atom. The Balaban J connectivity index is 2.01. The Morgan fingerprint density at radius 3 is 2.70 bits per heavy atom. The number of allylic oxidation sites excluding steroid dienone is 2. The van der Waals surface area contributed by atoms with Crippen LogP contribution in [0.25, 0.3) is 0 Å². The zero-order chi connectivity index (χ0) is 6.81. The number of rotatable bonds is 0. The maximum absolute atomic E-state index is 3.36. The molecule has 2 aliphatic rings. The molecule has 1 radical (unpaired) electrons. The Labute approximate surface area is 63.3 Å². The smallest absolute Gasteiger partial charge is 0.0248 e. The highest BCUT2D eigenvalue weighted by atomic mass is 14.3. The second kappa shape index (κ2) is 2.77. The van der Waals surface area contributed by atoms with E-state index in [1.165, 1.54) is 38.5 Å². The predicted octanol–water partition coefficient (Wildman–Crippen LogP) is 2.95. The fourth-order valence-electron chi connectivity index (χ4n) is 2.33. The summed E-state index contributed by atoms with van der Waals surface area (Å²) in [6.07, 6.45) is 14.1. The second-order valence-corrected chi connectivity index (χ2v) is 3.65. The van der Waals surface area contributed by atoms with Crippen molar-refractivity contribution in [1.82, 2.24) is 0 Å². The van der Waals surface area contributed by atoms with E-state index in [0.29, 0.717) is 0 Å². The molecule has 0 aliphatic heterocycles. The van der Waals surface area contributed by atoms with Gasteiger partial charge in [0, 0.05) is 0 Å². The third-order valence-corrected chi connectivity index (χ3v) is 3.01. The minimum atomic E-state index is 1.01. The average molecular weight is 135 g/mol. The molecule has 2 aliphatic carbocycles. The van der Waals surface area contributed by atoms with Gasteiger partial charge in [-0.3, -0.25) is 0 Å². The van der Waals surface area contributed by atoms with Gasteiger partial charge in [0.2, 0.25) is 0 Å². The van der Waals surface area contributed by atoms with Gasteiger partial charge in [0.05, 0.1) is 0 Å². The standard InChI is InChI=1S/C10H15/c1-2-6-10-8-4-3-7-9(10)5-1/h1,9-10H,3-8H2. The van der Waals surface area contributed by atoms with E-state index in [0.717, 1.165) is 11.8 Å². The lowest BCUT2D eigenvalue weighted by Crippen LogP contribution is -2.20. The van der Waals surface area contributed by atoms with E-state index in [-0.39, 0.29) is 0 Å². The molecule has 2 unspecified atom stereocenters. The van der Waals surface area contributed by atoms with E-state index in [1.54, 1.807) is 0 Å². The van der Waals surface area contributed by atoms with Gasteiger partial charge in [-0.05, 0) is 43.6 Å². The molecule has 2 atom stereocenters. The fraction of sp³-hybridized carbons (Fsp3) is 0.800. The van der Waals surface area contributed by atoms with Gasteiger partial charge in [0.25, 0.3) is 0 Å². The second-order valence-electron chi connectivity index (χ2n) is 3.65. The van der Waals surface area contributed by atoms with E-state index >= 15 is 0 Å². The first-order valence-electron chi connectivity index (χ1n) is 4.52. The summed E-state index contributed by atoms with van der Waals surface area (Å²) in [7, 11) is 0. The summed E-state index contributed by atoms with van der Waals surface area (Å²) < 4.78 is 0. The summed E-state index contributed by atoms with van der Waals surface area (Å²) >= 11 is 0. The SMILES string of the molecule is [C]1=CCC2CCCCC2C1. The molecule has 2 rings (SSSR count). The fourth-order valence-corrected chi connectivity index (χ4v) is 2.33. The van der Waals surface area contributed by atoms with Crippen molar-refractivity contribution in [2.45, 2.75) is 38.5 Å². The van der Waals surface area contributed by atoms with E-state index in [4.69, 9.17) is 0 Å². The van der Waals surface area contributed by atoms with Crippen LogP contribution in [-0.4, -0.2) is 0 Å². The van der Waals surface area contributed by atoms with Gasteiger partial charge in [-0.1, -0.05) is 18.9 Å². The minimum Gasteiger partial charge on any atom is -0.0808 e. The molecule has 1 fully saturated rings. The molecule has 0 amide bonds. The van der Waals surface area contributed by atoms with E-state index in [9.17, 15) is 0 Å². The van der Waals surface area contributed by atoms with Crippen LogP contribution in [0.4, 0.5) is 0 Å². The zero-order valence-corrected chi connectivity index (χ0v) is 6.47. The van der Waals surface area contributed by atoms with Crippen molar-refractivity contribution in [3.05, 3.63) is 12.2 Å². The predicted molar refractivity (Wildman–Crippen MR) is 42.5 cm³/mol. The summed E-state index contributed by atoms with van der Waals surface area (Å²) in [5.41, 5.74) is 0. The summed E-state index contributed by atoms with van der Waals surface area (Å²) in [6.45, 7) is 0. The molecule has 0 aromatic carbocycles. The largest absolute Gasteiger partial charge is 0.0808 e. The number of hydrogen-bond acceptors (Lipinski definition) is 0. The van der Waals surface area contributed by atoms with E-state index in [1.807, 2.05) is 0 Å². The van der Waals surface area contributed by atoms with Crippen molar-refractivity contribution in [3.8, 4) is 0 Å². The quantitative estimate of drug-likeness (QED) is 0.479. The lowest BCUT2D eigenvalue weighted by Gasteiger charge is -2.32. The van der Waals surface area contributed by atoms with Crippen LogP contribution in [0.1, 0.15) is 38.5 Å². The molecule has 0 heteroatoms. The number of hydrogen-bond donors (Lipinski definition) is 0. The molecule has 0 spiro atoms. The summed E-state index contributed by atoms with van der Waals surface area (Å²) in [5, 5.41) is 0. The van der Waals surface area contributed by atoms with Crippen LogP contribution in [-0.2, 0) is 0 Å². The molecular weight excluding hydrogens is 120 g/mol. The highest BCUT2D eigenvalue weighted by Crippen LogP contribution is 2.36. The topological polar surface area (TPSA) is 0 Å². The van der Waals surface area contributed by atoms with Gasteiger partial charge in [-0.25, -0.2) is 0 Å². The highest BCUT2D eigenvalue weighted by Gasteiger charge is 2.24. The van der Waals surface area contributed by atoms with Crippen LogP contribution in [0.3, 0.4) is 0 Å². The first-order valence-corrected chi connectivity index (χ1v) is 4.52. The highest BCUT2D eigenvalue weighted by molar-refractivity contribution is 4.90. The van der Waals surface area contributed by atoms with Crippen molar-refractivity contribution in [2.24, 2.45) is 11.8 Å². The van der Waals surface area contributed by atoms with Crippen LogP contribution in [0.5, 0.6) is 0 Å². The molecular formula is C10H15. The zero-order valence-electron chi connectivity index (χ0n) is 6.47. The molecule has 0 aromatic rings. The van der Waals surface area contributed by atoms with Gasteiger partial charge in [-0.2, -0.15) is 0 Å². The van der Waals surface area contributed by atoms with Gasteiger partial charge >= 0.3 is 0 Å². The first kappa shape index (κ1) is 6.45. The molecule has 1 saturated carbocycles. The molecule has 0 nitrogen and oxygen atoms in total. The summed E-state index contributed by atoms with van der Waals surface area (Å²) in [6, 6.07) is 0. The Hall–Kier alpha value is -0.260. The molecule has 55 valence electrons. The van der Waals surface area contributed by atoms with Crippen LogP contribution in [0.2, 0.25) is 0 Å². The van der Waals surface area contributed by atoms with E-state index < -0.39 is 0 Å². The molecule has 0 saturated heterocycles. The molecule has 10 heavy (non-hydrogen) atoms. The maximum Gasteiger partial charge on any atom is -0.0248 e. The normalized spacial score (nSPS) is 39.2. The number of fused-ring (bicyclic) bond motifs is 1. The summed E-state index contributed by atoms with van der Waals surface area (Å²) in [5.74, 6) is 2.05. The van der Waals surface area contributed by atoms with Crippen molar-refractivity contribution in [1.29, 1.82) is 0 Å². The Morgan fingerprint density at radius 1 is 1.10 bits per heavy atom. The third-order valence-electron chi connectivity index (χ3n) is 3.01. The molecule has 0 bridgehead atoms. The third kappa shape index (κ3) is 1.12. The lowest BCUT2D eigenvalue weighted by atomic mass is 9.73. The van der Waals surface area contributed by atoms with Crippen LogP contribution in [0.15, 0.2) is 6.08 Å². The van der Waals surface area contributed by atoms with Gasteiger partial charge in [0.1, 0.15) is 0 Å². The summed E-state index contributed by atoms with van der Waals surface area (Å²) in [4.78, 5) is 0. The Kier molecular flexibility index (Phi) is 1.79. The van der Waals surface area contributed by atoms with Crippen molar-refractivity contribution < 1.29 is 0 Å². The monoisotopic (exact) mass is 135 g/mol. The molecule has 0 N–H and O–H groups in total. The van der Waals surface area contributed by atoms with Crippen LogP contribution >= 0.6 is 0 Å². The Bertz CT molecular complexity index is 119. The first-order chi connectivity index (χ1) is 4.97. The average Bonchev–Trinajstić information content (AvgIpc) is 2.05. The van der Waals surface area contributed by atoms with Crippen LogP contribution < -0.4 is 0 Å². The molecule has 0 heterocycles. The molecule has 0 aromatic heterocycles. The van der Waals surface area contributed by atoms with Crippen molar-refractivity contribution in [2.75, 3.05) is 0 Å². The van der Waals surface area contributed by atoms with Crippen molar-refractivity contribution >= 4 is 0 Å². The lowest BCUT2D eigenvalue weighted by molar-refractivity contribution is 0.228. The van der Waals surface area contributed by atoms with Gasteiger partial charge in [-0.15, -0.1) is 0 Å². The van der Waals surface area contributed by atoms with Gasteiger partial charge in [0.15, 0.2) is 0 Å². The maximum atomic E-state index is 3.36. The van der Waals surface area contributed by atoms with Gasteiger partial charge < -0.3 is 0 Å². The van der Waals surface area contributed by atoms with E-state index in [2.05, 4.69) is 12.2 Å².